The summed E-state index contributed by atoms with van der Waals surface area (Å²) in [6.07, 6.45) is -0.117. The molecule has 0 aliphatic carbocycles. The van der Waals surface area contributed by atoms with Crippen LogP contribution >= 0.6 is 0 Å². The van der Waals surface area contributed by atoms with E-state index in [1.165, 1.54) is 12.1 Å². The van der Waals surface area contributed by atoms with Gasteiger partial charge < -0.3 is 5.73 Å². The molecule has 5 heteroatoms. The van der Waals surface area contributed by atoms with E-state index in [4.69, 9.17) is 5.73 Å². The van der Waals surface area contributed by atoms with Gasteiger partial charge in [-0.2, -0.15) is 0 Å². The van der Waals surface area contributed by atoms with Gasteiger partial charge in [-0.15, -0.1) is 0 Å². The number of sulfone groups is 1. The molecule has 2 N–H and O–H groups in total. The maximum Gasteiger partial charge on any atom is 0.175 e. The molecular weight excluding hydrogens is 217 g/mol. The first kappa shape index (κ1) is 12.1. The van der Waals surface area contributed by atoms with Gasteiger partial charge in [0.15, 0.2) is 9.84 Å². The molecule has 1 unspecified atom stereocenters. The van der Waals surface area contributed by atoms with Gasteiger partial charge in [0.25, 0.3) is 0 Å². The van der Waals surface area contributed by atoms with E-state index in [0.717, 1.165) is 6.26 Å². The van der Waals surface area contributed by atoms with Crippen LogP contribution in [0.15, 0.2) is 29.2 Å². The quantitative estimate of drug-likeness (QED) is 0.853. The van der Waals surface area contributed by atoms with E-state index < -0.39 is 16.0 Å². The van der Waals surface area contributed by atoms with Gasteiger partial charge in [-0.05, 0) is 19.0 Å². The zero-order chi connectivity index (χ0) is 11.5. The number of alkyl halides is 1. The normalized spacial score (nSPS) is 13.8. The Labute approximate surface area is 89.0 Å². The predicted molar refractivity (Wildman–Crippen MR) is 57.1 cm³/mol. The average molecular weight is 231 g/mol. The van der Waals surface area contributed by atoms with Crippen molar-refractivity contribution in [2.45, 2.75) is 17.5 Å². The van der Waals surface area contributed by atoms with Crippen molar-refractivity contribution in [1.82, 2.24) is 0 Å². The van der Waals surface area contributed by atoms with Crippen LogP contribution < -0.4 is 5.73 Å². The highest BCUT2D eigenvalue weighted by Gasteiger charge is 2.18. The Morgan fingerprint density at radius 2 is 2.00 bits per heavy atom. The molecule has 0 saturated heterocycles. The Kier molecular flexibility index (Phi) is 3.82. The molecule has 0 saturated carbocycles. The lowest BCUT2D eigenvalue weighted by atomic mass is 10.1. The van der Waals surface area contributed by atoms with Gasteiger partial charge in [0.1, 0.15) is 6.17 Å². The molecule has 0 aromatic heterocycles. The predicted octanol–water partition coefficient (Wildman–Crippen LogP) is 1.45. The third-order valence-corrected chi connectivity index (χ3v) is 3.25. The molecule has 1 aromatic carbocycles. The third-order valence-electron chi connectivity index (χ3n) is 2.08. The Bertz CT molecular complexity index is 431. The maximum absolute atomic E-state index is 13.6. The van der Waals surface area contributed by atoms with E-state index in [1.807, 2.05) is 0 Å². The Morgan fingerprint density at radius 1 is 1.40 bits per heavy atom. The molecule has 1 aromatic rings. The molecule has 0 fully saturated rings. The highest BCUT2D eigenvalue weighted by Crippen LogP contribution is 2.27. The fourth-order valence-electron chi connectivity index (χ4n) is 1.38. The van der Waals surface area contributed by atoms with E-state index in [1.54, 1.807) is 12.1 Å². The van der Waals surface area contributed by atoms with E-state index in [2.05, 4.69) is 0 Å². The minimum Gasteiger partial charge on any atom is -0.330 e. The second kappa shape index (κ2) is 4.72. The molecular formula is C10H14FNO2S. The van der Waals surface area contributed by atoms with Crippen LogP contribution in [0.25, 0.3) is 0 Å². The third kappa shape index (κ3) is 3.00. The highest BCUT2D eigenvalue weighted by atomic mass is 32.2. The molecule has 3 nitrogen and oxygen atoms in total. The van der Waals surface area contributed by atoms with Crippen molar-refractivity contribution in [2.75, 3.05) is 12.8 Å². The van der Waals surface area contributed by atoms with Crippen LogP contribution in [0.1, 0.15) is 18.2 Å². The van der Waals surface area contributed by atoms with Gasteiger partial charge in [0.05, 0.1) is 4.90 Å². The van der Waals surface area contributed by atoms with Crippen LogP contribution in [-0.2, 0) is 9.84 Å². The van der Waals surface area contributed by atoms with Crippen LogP contribution in [0.3, 0.4) is 0 Å². The monoisotopic (exact) mass is 231 g/mol. The summed E-state index contributed by atoms with van der Waals surface area (Å²) in [5.74, 6) is 0. The summed E-state index contributed by atoms with van der Waals surface area (Å²) >= 11 is 0. The first-order chi connectivity index (χ1) is 6.96. The van der Waals surface area contributed by atoms with E-state index in [9.17, 15) is 12.8 Å². The first-order valence-corrected chi connectivity index (χ1v) is 6.49. The Balaban J connectivity index is 3.18. The minimum atomic E-state index is -3.38. The Hall–Kier alpha value is -0.940. The van der Waals surface area contributed by atoms with Gasteiger partial charge >= 0.3 is 0 Å². The van der Waals surface area contributed by atoms with E-state index >= 15 is 0 Å². The highest BCUT2D eigenvalue weighted by molar-refractivity contribution is 7.90. The van der Waals surface area contributed by atoms with Crippen molar-refractivity contribution >= 4 is 9.84 Å². The zero-order valence-corrected chi connectivity index (χ0v) is 9.30. The topological polar surface area (TPSA) is 60.2 Å². The molecule has 0 aliphatic rings. The van der Waals surface area contributed by atoms with Crippen LogP contribution in [0.2, 0.25) is 0 Å². The van der Waals surface area contributed by atoms with E-state index in [-0.39, 0.29) is 23.4 Å². The standard InChI is InChI=1S/C10H14FNO2S/c1-15(13,14)10-5-3-2-4-8(10)9(11)6-7-12/h2-5,9H,6-7,12H2,1H3. The Morgan fingerprint density at radius 3 is 2.53 bits per heavy atom. The van der Waals surface area contributed by atoms with Gasteiger partial charge in [-0.1, -0.05) is 18.2 Å². The molecule has 0 bridgehead atoms. The number of nitrogens with two attached hydrogens (primary N) is 1. The number of rotatable bonds is 4. The zero-order valence-electron chi connectivity index (χ0n) is 8.48. The van der Waals surface area contributed by atoms with Crippen molar-refractivity contribution in [2.24, 2.45) is 5.73 Å². The molecule has 0 amide bonds. The summed E-state index contributed by atoms with van der Waals surface area (Å²) in [5.41, 5.74) is 5.44. The smallest absolute Gasteiger partial charge is 0.175 e. The first-order valence-electron chi connectivity index (χ1n) is 4.60. The van der Waals surface area contributed by atoms with Crippen LogP contribution in [-0.4, -0.2) is 21.2 Å². The lowest BCUT2D eigenvalue weighted by Crippen LogP contribution is -2.08. The minimum absolute atomic E-state index is 0.0472. The summed E-state index contributed by atoms with van der Waals surface area (Å²) in [4.78, 5) is 0.0472. The van der Waals surface area contributed by atoms with Gasteiger partial charge in [0, 0.05) is 11.8 Å². The number of halogens is 1. The second-order valence-electron chi connectivity index (χ2n) is 3.35. The number of benzene rings is 1. The van der Waals surface area contributed by atoms with Crippen molar-refractivity contribution in [3.63, 3.8) is 0 Å². The average Bonchev–Trinajstić information content (AvgIpc) is 2.17. The summed E-state index contributed by atoms with van der Waals surface area (Å²) < 4.78 is 36.3. The van der Waals surface area contributed by atoms with Gasteiger partial charge in [-0.25, -0.2) is 12.8 Å². The van der Waals surface area contributed by atoms with Crippen LogP contribution in [0.5, 0.6) is 0 Å². The molecule has 1 atom stereocenters. The van der Waals surface area contributed by atoms with Crippen molar-refractivity contribution in [1.29, 1.82) is 0 Å². The second-order valence-corrected chi connectivity index (χ2v) is 5.34. The van der Waals surface area contributed by atoms with Crippen LogP contribution in [0.4, 0.5) is 4.39 Å². The number of hydrogen-bond acceptors (Lipinski definition) is 3. The molecule has 1 rings (SSSR count). The van der Waals surface area contributed by atoms with Crippen molar-refractivity contribution in [3.8, 4) is 0 Å². The fraction of sp³-hybridized carbons (Fsp3) is 0.400. The molecule has 84 valence electrons. The summed E-state index contributed by atoms with van der Waals surface area (Å²) in [6.45, 7) is 0.194. The van der Waals surface area contributed by atoms with Crippen molar-refractivity contribution in [3.05, 3.63) is 29.8 Å². The van der Waals surface area contributed by atoms with Crippen molar-refractivity contribution < 1.29 is 12.8 Å². The molecule has 0 aliphatic heterocycles. The summed E-state index contributed by atoms with van der Waals surface area (Å²) in [6, 6.07) is 6.09. The largest absolute Gasteiger partial charge is 0.330 e. The maximum atomic E-state index is 13.6. The van der Waals surface area contributed by atoms with Gasteiger partial charge in [-0.3, -0.25) is 0 Å². The summed E-state index contributed by atoms with van der Waals surface area (Å²) in [5, 5.41) is 0. The van der Waals surface area contributed by atoms with Gasteiger partial charge in [0.2, 0.25) is 0 Å². The number of hydrogen-bond donors (Lipinski definition) is 1. The van der Waals surface area contributed by atoms with Crippen LogP contribution in [0, 0.1) is 0 Å². The molecule has 0 spiro atoms. The SMILES string of the molecule is CS(=O)(=O)c1ccccc1C(F)CCN. The summed E-state index contributed by atoms with van der Waals surface area (Å²) in [7, 11) is -3.38. The molecule has 15 heavy (non-hydrogen) atoms. The lowest BCUT2D eigenvalue weighted by molar-refractivity contribution is 0.322. The fourth-order valence-corrected chi connectivity index (χ4v) is 2.33. The van der Waals surface area contributed by atoms with E-state index in [0.29, 0.717) is 0 Å². The molecule has 0 heterocycles. The molecule has 0 radical (unpaired) electrons. The lowest BCUT2D eigenvalue weighted by Gasteiger charge is -2.11.